The zero-order valence-corrected chi connectivity index (χ0v) is 14.9. The second kappa shape index (κ2) is 8.73. The van der Waals surface area contributed by atoms with Crippen LogP contribution < -0.4 is 19.8 Å². The highest BCUT2D eigenvalue weighted by Gasteiger charge is 2.13. The highest BCUT2D eigenvalue weighted by atomic mass is 16.5. The van der Waals surface area contributed by atoms with Gasteiger partial charge in [-0.3, -0.25) is 4.79 Å². The first kappa shape index (κ1) is 18.3. The molecule has 0 aliphatic carbocycles. The van der Waals surface area contributed by atoms with Gasteiger partial charge in [0.2, 0.25) is 0 Å². The van der Waals surface area contributed by atoms with E-state index in [0.29, 0.717) is 5.75 Å². The maximum atomic E-state index is 12.0. The number of nitrogens with one attached hydrogen (secondary N) is 1. The number of hydrogen-bond donors (Lipinski definition) is 1. The van der Waals surface area contributed by atoms with Gasteiger partial charge in [-0.2, -0.15) is 5.10 Å². The average molecular weight is 341 g/mol. The fraction of sp³-hybridized carbons (Fsp3) is 0.263. The predicted octanol–water partition coefficient (Wildman–Crippen LogP) is 2.68. The van der Waals surface area contributed by atoms with Gasteiger partial charge in [-0.25, -0.2) is 5.43 Å². The Labute approximate surface area is 148 Å². The summed E-state index contributed by atoms with van der Waals surface area (Å²) in [6.07, 6.45) is 0.930. The molecular formula is C19H23N3O3. The number of carbonyl (C=O) groups is 1. The van der Waals surface area contributed by atoms with E-state index < -0.39 is 6.10 Å². The Kier molecular flexibility index (Phi) is 6.39. The van der Waals surface area contributed by atoms with Crippen LogP contribution in [-0.4, -0.2) is 39.4 Å². The number of anilines is 1. The van der Waals surface area contributed by atoms with Crippen LogP contribution in [0.15, 0.2) is 53.6 Å². The molecule has 0 radical (unpaired) electrons. The third-order valence-electron chi connectivity index (χ3n) is 3.54. The molecule has 6 heteroatoms. The summed E-state index contributed by atoms with van der Waals surface area (Å²) in [5.41, 5.74) is 4.48. The zero-order valence-electron chi connectivity index (χ0n) is 14.9. The Balaban J connectivity index is 1.85. The van der Waals surface area contributed by atoms with Crippen molar-refractivity contribution in [3.05, 3.63) is 54.1 Å². The Bertz CT molecular complexity index is 710. The van der Waals surface area contributed by atoms with Gasteiger partial charge in [0.05, 0.1) is 13.3 Å². The first-order chi connectivity index (χ1) is 12.0. The fourth-order valence-corrected chi connectivity index (χ4v) is 2.03. The van der Waals surface area contributed by atoms with Crippen molar-refractivity contribution in [2.24, 2.45) is 5.10 Å². The van der Waals surface area contributed by atoms with Gasteiger partial charge in [0.15, 0.2) is 6.10 Å². The summed E-state index contributed by atoms with van der Waals surface area (Å²) in [4.78, 5) is 14.0. The van der Waals surface area contributed by atoms with Crippen LogP contribution in [0.1, 0.15) is 12.5 Å². The van der Waals surface area contributed by atoms with Gasteiger partial charge >= 0.3 is 0 Å². The highest BCUT2D eigenvalue weighted by Crippen LogP contribution is 2.18. The number of ether oxygens (including phenoxy) is 2. The summed E-state index contributed by atoms with van der Waals surface area (Å²) >= 11 is 0. The molecule has 0 aliphatic rings. The number of hydrazone groups is 1. The normalized spacial score (nSPS) is 11.8. The van der Waals surface area contributed by atoms with Crippen molar-refractivity contribution in [2.75, 3.05) is 26.1 Å². The summed E-state index contributed by atoms with van der Waals surface area (Å²) in [7, 11) is 5.55. The minimum atomic E-state index is -0.665. The molecule has 25 heavy (non-hydrogen) atoms. The minimum absolute atomic E-state index is 0.322. The molecule has 1 N–H and O–H groups in total. The Morgan fingerprint density at radius 3 is 2.24 bits per heavy atom. The third-order valence-corrected chi connectivity index (χ3v) is 3.54. The monoisotopic (exact) mass is 341 g/mol. The van der Waals surface area contributed by atoms with Gasteiger partial charge in [-0.05, 0) is 48.9 Å². The van der Waals surface area contributed by atoms with Crippen LogP contribution in [0.3, 0.4) is 0 Å². The van der Waals surface area contributed by atoms with Gasteiger partial charge in [0.25, 0.3) is 5.91 Å². The van der Waals surface area contributed by atoms with Crippen molar-refractivity contribution >= 4 is 17.8 Å². The molecule has 1 amide bonds. The Hall–Kier alpha value is -3.02. The quantitative estimate of drug-likeness (QED) is 0.621. The van der Waals surface area contributed by atoms with Crippen LogP contribution >= 0.6 is 0 Å². The van der Waals surface area contributed by atoms with Gasteiger partial charge in [-0.1, -0.05) is 12.1 Å². The largest absolute Gasteiger partial charge is 0.497 e. The van der Waals surface area contributed by atoms with E-state index in [1.165, 1.54) is 0 Å². The van der Waals surface area contributed by atoms with Crippen molar-refractivity contribution in [2.45, 2.75) is 13.0 Å². The molecule has 1 atom stereocenters. The van der Waals surface area contributed by atoms with E-state index in [9.17, 15) is 4.79 Å². The summed E-state index contributed by atoms with van der Waals surface area (Å²) in [5, 5.41) is 3.97. The van der Waals surface area contributed by atoms with Gasteiger partial charge in [0, 0.05) is 19.8 Å². The lowest BCUT2D eigenvalue weighted by Gasteiger charge is -2.13. The molecule has 2 aromatic rings. The number of carbonyl (C=O) groups excluding carboxylic acids is 1. The van der Waals surface area contributed by atoms with E-state index in [1.807, 2.05) is 43.3 Å². The van der Waals surface area contributed by atoms with E-state index in [-0.39, 0.29) is 5.91 Å². The van der Waals surface area contributed by atoms with E-state index >= 15 is 0 Å². The van der Waals surface area contributed by atoms with Crippen LogP contribution in [0, 0.1) is 0 Å². The first-order valence-corrected chi connectivity index (χ1v) is 7.90. The third kappa shape index (κ3) is 5.53. The molecule has 0 aliphatic heterocycles. The lowest BCUT2D eigenvalue weighted by molar-refractivity contribution is -0.127. The molecule has 6 nitrogen and oxygen atoms in total. The summed E-state index contributed by atoms with van der Waals surface area (Å²) < 4.78 is 10.7. The molecule has 0 aromatic heterocycles. The van der Waals surface area contributed by atoms with E-state index in [2.05, 4.69) is 10.5 Å². The lowest BCUT2D eigenvalue weighted by atomic mass is 10.2. The number of benzene rings is 2. The molecular weight excluding hydrogens is 318 g/mol. The Morgan fingerprint density at radius 1 is 1.08 bits per heavy atom. The maximum Gasteiger partial charge on any atom is 0.280 e. The Morgan fingerprint density at radius 2 is 1.68 bits per heavy atom. The molecule has 2 rings (SSSR count). The number of methoxy groups -OCH3 is 1. The molecule has 0 fully saturated rings. The summed E-state index contributed by atoms with van der Waals surface area (Å²) in [6, 6.07) is 14.9. The molecule has 2 aromatic carbocycles. The van der Waals surface area contributed by atoms with Gasteiger partial charge in [0.1, 0.15) is 11.5 Å². The van der Waals surface area contributed by atoms with Crippen LogP contribution in [0.4, 0.5) is 5.69 Å². The summed E-state index contributed by atoms with van der Waals surface area (Å²) in [6.45, 7) is 1.67. The van der Waals surface area contributed by atoms with Gasteiger partial charge < -0.3 is 14.4 Å². The molecule has 0 saturated heterocycles. The van der Waals surface area contributed by atoms with Crippen LogP contribution in [-0.2, 0) is 4.79 Å². The predicted molar refractivity (Wildman–Crippen MR) is 99.6 cm³/mol. The molecule has 1 unspecified atom stereocenters. The topological polar surface area (TPSA) is 63.2 Å². The number of rotatable bonds is 7. The standard InChI is InChI=1S/C19H23N3O3/c1-14(25-18-11-9-17(24-4)10-12-18)19(23)21-20-13-15-5-7-16(8-6-15)22(2)3/h5-14H,1-4H3,(H,21,23)/b20-13+. The second-order valence-corrected chi connectivity index (χ2v) is 5.66. The SMILES string of the molecule is COc1ccc(OC(C)C(=O)N/N=C/c2ccc(N(C)C)cc2)cc1. The fourth-order valence-electron chi connectivity index (χ4n) is 2.03. The van der Waals surface area contributed by atoms with Crippen molar-refractivity contribution < 1.29 is 14.3 Å². The number of amides is 1. The van der Waals surface area contributed by atoms with Crippen molar-refractivity contribution in [1.82, 2.24) is 5.43 Å². The van der Waals surface area contributed by atoms with Crippen LogP contribution in [0.5, 0.6) is 11.5 Å². The first-order valence-electron chi connectivity index (χ1n) is 7.90. The zero-order chi connectivity index (χ0) is 18.2. The maximum absolute atomic E-state index is 12.0. The molecule has 0 spiro atoms. The van der Waals surface area contributed by atoms with Crippen LogP contribution in [0.2, 0.25) is 0 Å². The smallest absolute Gasteiger partial charge is 0.280 e. The number of hydrogen-bond acceptors (Lipinski definition) is 5. The van der Waals surface area contributed by atoms with Crippen molar-refractivity contribution in [3.63, 3.8) is 0 Å². The van der Waals surface area contributed by atoms with Gasteiger partial charge in [-0.15, -0.1) is 0 Å². The average Bonchev–Trinajstić information content (AvgIpc) is 2.62. The highest BCUT2D eigenvalue weighted by molar-refractivity contribution is 5.84. The van der Waals surface area contributed by atoms with E-state index in [1.54, 1.807) is 44.5 Å². The number of nitrogens with zero attached hydrogens (tertiary/aromatic N) is 2. The molecule has 0 bridgehead atoms. The lowest BCUT2D eigenvalue weighted by Crippen LogP contribution is -2.33. The molecule has 0 saturated carbocycles. The van der Waals surface area contributed by atoms with E-state index in [0.717, 1.165) is 17.0 Å². The minimum Gasteiger partial charge on any atom is -0.497 e. The van der Waals surface area contributed by atoms with Crippen molar-refractivity contribution in [1.29, 1.82) is 0 Å². The summed E-state index contributed by atoms with van der Waals surface area (Å²) in [5.74, 6) is 0.998. The molecule has 0 heterocycles. The molecule has 132 valence electrons. The van der Waals surface area contributed by atoms with E-state index in [4.69, 9.17) is 9.47 Å². The van der Waals surface area contributed by atoms with Crippen LogP contribution in [0.25, 0.3) is 0 Å². The van der Waals surface area contributed by atoms with Crippen molar-refractivity contribution in [3.8, 4) is 11.5 Å². The second-order valence-electron chi connectivity index (χ2n) is 5.66.